The van der Waals surface area contributed by atoms with Gasteiger partial charge in [0.2, 0.25) is 0 Å². The Bertz CT molecular complexity index is 1270. The molecule has 0 saturated carbocycles. The Morgan fingerprint density at radius 1 is 0.971 bits per heavy atom. The first-order valence-corrected chi connectivity index (χ1v) is 10.7. The van der Waals surface area contributed by atoms with Crippen LogP contribution in [0.4, 0.5) is 22.4 Å². The maximum absolute atomic E-state index is 14.1. The van der Waals surface area contributed by atoms with Crippen LogP contribution < -0.4 is 4.74 Å². The van der Waals surface area contributed by atoms with E-state index in [1.165, 1.54) is 4.90 Å². The van der Waals surface area contributed by atoms with Gasteiger partial charge in [0.05, 0.1) is 0 Å². The minimum atomic E-state index is -4.93. The average Bonchev–Trinajstić information content (AvgIpc) is 3.51. The Labute approximate surface area is 195 Å². The molecule has 2 unspecified atom stereocenters. The van der Waals surface area contributed by atoms with Crippen molar-refractivity contribution in [2.75, 3.05) is 26.2 Å². The van der Waals surface area contributed by atoms with Gasteiger partial charge in [-0.25, -0.2) is 9.18 Å². The predicted octanol–water partition coefficient (Wildman–Crippen LogP) is 3.34. The van der Waals surface area contributed by atoms with Gasteiger partial charge in [-0.15, -0.1) is 13.2 Å². The number of nitrogens with one attached hydrogen (secondary N) is 1. The zero-order valence-electron chi connectivity index (χ0n) is 18.1. The molecule has 2 aliphatic heterocycles. The van der Waals surface area contributed by atoms with Crippen molar-refractivity contribution in [1.82, 2.24) is 25.2 Å². The number of likely N-dealkylation sites (tertiary alicyclic amines) is 2. The normalized spacial score (nSPS) is 19.8. The number of amides is 2. The summed E-state index contributed by atoms with van der Waals surface area (Å²) in [6.07, 6.45) is -5.58. The van der Waals surface area contributed by atoms with Crippen molar-refractivity contribution in [1.29, 1.82) is 0 Å². The van der Waals surface area contributed by atoms with Gasteiger partial charge in [0.1, 0.15) is 29.2 Å². The van der Waals surface area contributed by atoms with E-state index in [0.29, 0.717) is 48.8 Å². The number of ether oxygens (including phenoxy) is 2. The molecule has 0 bridgehead atoms. The molecule has 35 heavy (non-hydrogen) atoms. The molecule has 1 N–H and O–H groups in total. The minimum Gasteiger partial charge on any atom is -0.444 e. The molecule has 2 aliphatic rings. The van der Waals surface area contributed by atoms with Crippen molar-refractivity contribution in [3.63, 3.8) is 0 Å². The Morgan fingerprint density at radius 3 is 2.34 bits per heavy atom. The summed E-state index contributed by atoms with van der Waals surface area (Å²) in [5.41, 5.74) is 1.70. The molecule has 3 heterocycles. The predicted molar refractivity (Wildman–Crippen MR) is 112 cm³/mol. The van der Waals surface area contributed by atoms with Crippen LogP contribution in [0, 0.1) is 17.7 Å². The highest BCUT2D eigenvalue weighted by atomic mass is 19.4. The molecule has 2 aromatic carbocycles. The number of fused-ring (bicyclic) bond motifs is 2. The largest absolute Gasteiger partial charge is 0.573 e. The molecule has 3 aromatic rings. The molecule has 184 valence electrons. The fourth-order valence-electron chi connectivity index (χ4n) is 4.54. The summed E-state index contributed by atoms with van der Waals surface area (Å²) >= 11 is 0. The summed E-state index contributed by atoms with van der Waals surface area (Å²) in [5.74, 6) is -1.63. The van der Waals surface area contributed by atoms with Crippen molar-refractivity contribution in [2.24, 2.45) is 11.8 Å². The second-order valence-corrected chi connectivity index (χ2v) is 8.52. The van der Waals surface area contributed by atoms with Crippen LogP contribution in [-0.2, 0) is 11.3 Å². The SMILES string of the molecule is O=C(OCc1ccc(OC(F)(F)F)cc1F)N1CC2CN(C(=O)c3ccc4n[nH]nc4c3)CC2C1. The average molecular weight is 493 g/mol. The molecular weight excluding hydrogens is 474 g/mol. The molecule has 9 nitrogen and oxygen atoms in total. The number of aromatic nitrogens is 3. The van der Waals surface area contributed by atoms with Gasteiger partial charge in [-0.3, -0.25) is 4.79 Å². The number of rotatable bonds is 4. The van der Waals surface area contributed by atoms with E-state index in [2.05, 4.69) is 20.1 Å². The van der Waals surface area contributed by atoms with Gasteiger partial charge < -0.3 is 19.3 Å². The Kier molecular flexibility index (Phi) is 5.69. The molecule has 2 fully saturated rings. The Morgan fingerprint density at radius 2 is 1.66 bits per heavy atom. The first kappa shape index (κ1) is 22.9. The van der Waals surface area contributed by atoms with E-state index in [4.69, 9.17) is 4.74 Å². The zero-order valence-corrected chi connectivity index (χ0v) is 18.1. The zero-order chi connectivity index (χ0) is 24.7. The number of hydrogen-bond acceptors (Lipinski definition) is 6. The van der Waals surface area contributed by atoms with Gasteiger partial charge in [-0.1, -0.05) is 0 Å². The number of alkyl halides is 3. The van der Waals surface area contributed by atoms with E-state index in [0.717, 1.165) is 12.1 Å². The Hall–Kier alpha value is -3.90. The topological polar surface area (TPSA) is 101 Å². The molecule has 1 aromatic heterocycles. The first-order valence-electron chi connectivity index (χ1n) is 10.7. The maximum atomic E-state index is 14.1. The van der Waals surface area contributed by atoms with Crippen LogP contribution in [0.25, 0.3) is 11.0 Å². The third-order valence-electron chi connectivity index (χ3n) is 6.20. The second-order valence-electron chi connectivity index (χ2n) is 8.52. The van der Waals surface area contributed by atoms with Gasteiger partial charge in [0, 0.05) is 55.2 Å². The van der Waals surface area contributed by atoms with E-state index in [1.807, 2.05) is 0 Å². The highest BCUT2D eigenvalue weighted by Gasteiger charge is 2.43. The van der Waals surface area contributed by atoms with Crippen LogP contribution in [-0.4, -0.2) is 69.8 Å². The molecular formula is C22H19F4N5O4. The van der Waals surface area contributed by atoms with E-state index < -0.39 is 30.6 Å². The quantitative estimate of drug-likeness (QED) is 0.560. The molecule has 0 radical (unpaired) electrons. The molecule has 2 saturated heterocycles. The van der Waals surface area contributed by atoms with Crippen molar-refractivity contribution < 1.29 is 36.6 Å². The highest BCUT2D eigenvalue weighted by molar-refractivity contribution is 5.97. The number of H-pyrrole nitrogens is 1. The molecule has 13 heteroatoms. The lowest BCUT2D eigenvalue weighted by Crippen LogP contribution is -2.35. The van der Waals surface area contributed by atoms with Gasteiger partial charge in [0.25, 0.3) is 5.91 Å². The van der Waals surface area contributed by atoms with Gasteiger partial charge >= 0.3 is 12.5 Å². The van der Waals surface area contributed by atoms with Crippen molar-refractivity contribution in [3.05, 3.63) is 53.3 Å². The summed E-state index contributed by atoms with van der Waals surface area (Å²) in [7, 11) is 0. The minimum absolute atomic E-state index is 0.0758. The van der Waals surface area contributed by atoms with Crippen molar-refractivity contribution >= 4 is 23.0 Å². The number of halogens is 4. The lowest BCUT2D eigenvalue weighted by molar-refractivity contribution is -0.274. The summed E-state index contributed by atoms with van der Waals surface area (Å²) in [6.45, 7) is 1.31. The number of aromatic amines is 1. The third kappa shape index (κ3) is 4.84. The number of benzene rings is 2. The number of carbonyl (C=O) groups is 2. The number of nitrogens with zero attached hydrogens (tertiary/aromatic N) is 4. The van der Waals surface area contributed by atoms with Crippen molar-refractivity contribution in [2.45, 2.75) is 13.0 Å². The van der Waals surface area contributed by atoms with Crippen LogP contribution in [0.5, 0.6) is 5.75 Å². The van der Waals surface area contributed by atoms with Crippen LogP contribution in [0.1, 0.15) is 15.9 Å². The number of carbonyl (C=O) groups excluding carboxylic acids is 2. The highest BCUT2D eigenvalue weighted by Crippen LogP contribution is 2.33. The summed E-state index contributed by atoms with van der Waals surface area (Å²) < 4.78 is 59.6. The van der Waals surface area contributed by atoms with Crippen molar-refractivity contribution in [3.8, 4) is 5.75 Å². The molecule has 2 amide bonds. The lowest BCUT2D eigenvalue weighted by Gasteiger charge is -2.21. The summed E-state index contributed by atoms with van der Waals surface area (Å²) in [6, 6.07) is 7.71. The summed E-state index contributed by atoms with van der Waals surface area (Å²) in [4.78, 5) is 28.6. The van der Waals surface area contributed by atoms with Crippen LogP contribution in [0.2, 0.25) is 0 Å². The first-order chi connectivity index (χ1) is 16.7. The molecule has 0 spiro atoms. The molecule has 5 rings (SSSR count). The fourth-order valence-corrected chi connectivity index (χ4v) is 4.54. The molecule has 0 aliphatic carbocycles. The van der Waals surface area contributed by atoms with E-state index >= 15 is 0 Å². The van der Waals surface area contributed by atoms with Gasteiger partial charge in [-0.2, -0.15) is 15.4 Å². The summed E-state index contributed by atoms with van der Waals surface area (Å²) in [5, 5.41) is 10.5. The number of hydrogen-bond donors (Lipinski definition) is 1. The van der Waals surface area contributed by atoms with Crippen LogP contribution in [0.3, 0.4) is 0 Å². The maximum Gasteiger partial charge on any atom is 0.573 e. The fraction of sp³-hybridized carbons (Fsp3) is 0.364. The van der Waals surface area contributed by atoms with Gasteiger partial charge in [0.15, 0.2) is 0 Å². The second kappa shape index (κ2) is 8.71. The van der Waals surface area contributed by atoms with Crippen LogP contribution >= 0.6 is 0 Å². The van der Waals surface area contributed by atoms with Crippen LogP contribution in [0.15, 0.2) is 36.4 Å². The van der Waals surface area contributed by atoms with E-state index in [9.17, 15) is 27.2 Å². The van der Waals surface area contributed by atoms with E-state index in [-0.39, 0.29) is 23.3 Å². The lowest BCUT2D eigenvalue weighted by atomic mass is 10.0. The monoisotopic (exact) mass is 493 g/mol. The smallest absolute Gasteiger partial charge is 0.444 e. The Balaban J connectivity index is 1.13. The standard InChI is InChI=1S/C22H19F4N5O4/c23-17-6-16(35-22(24,25)26)3-1-13(17)11-34-21(33)31-9-14-7-30(8-15(14)10-31)20(32)12-2-4-18-19(5-12)28-29-27-18/h1-6,14-15H,7-11H2,(H,27,28,29). The molecule has 2 atom stereocenters. The van der Waals surface area contributed by atoms with Gasteiger partial charge in [-0.05, 0) is 30.3 Å². The third-order valence-corrected chi connectivity index (χ3v) is 6.20. The van der Waals surface area contributed by atoms with E-state index in [1.54, 1.807) is 23.1 Å².